The fourth-order valence-corrected chi connectivity index (χ4v) is 3.87. The summed E-state index contributed by atoms with van der Waals surface area (Å²) in [5.41, 5.74) is 1.80. The highest BCUT2D eigenvalue weighted by molar-refractivity contribution is 6.38. The zero-order valence-corrected chi connectivity index (χ0v) is 16.8. The van der Waals surface area contributed by atoms with Crippen molar-refractivity contribution in [3.8, 4) is 0 Å². The molecule has 3 rings (SSSR count). The van der Waals surface area contributed by atoms with Crippen molar-refractivity contribution < 1.29 is 22.7 Å². The number of methoxy groups -OCH3 is 1. The summed E-state index contributed by atoms with van der Waals surface area (Å²) in [6.07, 6.45) is -2.68. The van der Waals surface area contributed by atoms with Gasteiger partial charge in [0.2, 0.25) is 0 Å². The van der Waals surface area contributed by atoms with Crippen LogP contribution in [-0.2, 0) is 17.5 Å². The first-order valence-corrected chi connectivity index (χ1v) is 9.02. The molecule has 0 aliphatic rings. The molecule has 0 saturated heterocycles. The minimum Gasteiger partial charge on any atom is -0.465 e. The molecule has 0 N–H and O–H groups in total. The summed E-state index contributed by atoms with van der Waals surface area (Å²) in [5.74, 6) is -0.595. The van der Waals surface area contributed by atoms with Gasteiger partial charge in [0, 0.05) is 22.2 Å². The van der Waals surface area contributed by atoms with Crippen LogP contribution < -0.4 is 0 Å². The number of carbonyl (C=O) groups excluding carboxylic acids is 1. The number of aryl methyl sites for hydroxylation is 2. The molecule has 0 fully saturated rings. The number of benzene rings is 2. The van der Waals surface area contributed by atoms with Gasteiger partial charge in [-0.2, -0.15) is 13.2 Å². The topological polar surface area (TPSA) is 31.2 Å². The number of alkyl halides is 3. The Labute approximate surface area is 169 Å². The summed E-state index contributed by atoms with van der Waals surface area (Å²) in [6, 6.07) is 5.27. The van der Waals surface area contributed by atoms with Crippen molar-refractivity contribution in [2.75, 3.05) is 7.11 Å². The number of carbonyl (C=O) groups is 1. The van der Waals surface area contributed by atoms with E-state index in [9.17, 15) is 18.0 Å². The molecule has 0 saturated carbocycles. The number of fused-ring (bicyclic) bond motifs is 1. The maximum atomic E-state index is 13.2. The van der Waals surface area contributed by atoms with Crippen LogP contribution in [0.4, 0.5) is 13.2 Å². The first kappa shape index (κ1) is 20.6. The molecule has 0 amide bonds. The Kier molecular flexibility index (Phi) is 5.38. The third kappa shape index (κ3) is 3.59. The number of rotatable bonds is 3. The molecule has 0 bridgehead atoms. The van der Waals surface area contributed by atoms with E-state index in [0.717, 1.165) is 12.1 Å². The quantitative estimate of drug-likeness (QED) is 0.449. The molecule has 28 heavy (non-hydrogen) atoms. The molecule has 0 spiro atoms. The van der Waals surface area contributed by atoms with E-state index < -0.39 is 17.7 Å². The van der Waals surface area contributed by atoms with Crippen LogP contribution in [0.1, 0.15) is 32.6 Å². The molecule has 1 heterocycles. The van der Waals surface area contributed by atoms with Crippen molar-refractivity contribution in [1.29, 1.82) is 0 Å². The summed E-state index contributed by atoms with van der Waals surface area (Å²) in [5, 5.41) is 1.01. The lowest BCUT2D eigenvalue weighted by Crippen LogP contribution is -2.08. The van der Waals surface area contributed by atoms with Crippen LogP contribution >= 0.6 is 23.2 Å². The number of hydrogen-bond acceptors (Lipinski definition) is 2. The molecule has 0 unspecified atom stereocenters. The molecule has 0 aliphatic heterocycles. The van der Waals surface area contributed by atoms with Crippen LogP contribution in [-0.4, -0.2) is 17.6 Å². The average Bonchev–Trinajstić information content (AvgIpc) is 2.93. The van der Waals surface area contributed by atoms with E-state index in [2.05, 4.69) is 0 Å². The van der Waals surface area contributed by atoms with Crippen molar-refractivity contribution in [3.63, 3.8) is 0 Å². The summed E-state index contributed by atoms with van der Waals surface area (Å²) in [6.45, 7) is 3.56. The van der Waals surface area contributed by atoms with Crippen molar-refractivity contribution in [3.05, 3.63) is 68.3 Å². The molecule has 0 atom stereocenters. The Balaban J connectivity index is 2.16. The number of aromatic nitrogens is 1. The lowest BCUT2D eigenvalue weighted by atomic mass is 10.0. The fourth-order valence-electron chi connectivity index (χ4n) is 3.30. The van der Waals surface area contributed by atoms with Gasteiger partial charge in [0.25, 0.3) is 0 Å². The molecule has 148 valence electrons. The Morgan fingerprint density at radius 1 is 1.14 bits per heavy atom. The van der Waals surface area contributed by atoms with Gasteiger partial charge in [-0.3, -0.25) is 0 Å². The Bertz CT molecular complexity index is 1090. The van der Waals surface area contributed by atoms with Gasteiger partial charge in [-0.15, -0.1) is 0 Å². The zero-order valence-electron chi connectivity index (χ0n) is 15.2. The van der Waals surface area contributed by atoms with Gasteiger partial charge in [0.05, 0.1) is 35.3 Å². The smallest absolute Gasteiger partial charge is 0.416 e. The van der Waals surface area contributed by atoms with Crippen LogP contribution in [0.2, 0.25) is 10.0 Å². The molecular weight excluding hydrogens is 414 g/mol. The standard InChI is InChI=1S/C20H16Cl2F3NO2/c1-10-6-12(20(23,24)25)7-14-11(2)8-26(18(10)14)9-15-16(21)5-4-13(17(15)22)19(27)28-3/h4-8H,9H2,1-3H3. The third-order valence-electron chi connectivity index (χ3n) is 4.61. The third-order valence-corrected chi connectivity index (χ3v) is 5.39. The molecule has 2 aromatic carbocycles. The first-order valence-electron chi connectivity index (χ1n) is 8.27. The molecule has 3 nitrogen and oxygen atoms in total. The molecule has 8 heteroatoms. The van der Waals surface area contributed by atoms with Crippen LogP contribution in [0.25, 0.3) is 10.9 Å². The van der Waals surface area contributed by atoms with E-state index >= 15 is 0 Å². The van der Waals surface area contributed by atoms with Crippen molar-refractivity contribution in [2.24, 2.45) is 0 Å². The fraction of sp³-hybridized carbons (Fsp3) is 0.250. The second-order valence-electron chi connectivity index (χ2n) is 6.51. The second kappa shape index (κ2) is 7.33. The summed E-state index contributed by atoms with van der Waals surface area (Å²) >= 11 is 12.7. The van der Waals surface area contributed by atoms with Crippen LogP contribution in [0, 0.1) is 13.8 Å². The van der Waals surface area contributed by atoms with Gasteiger partial charge < -0.3 is 9.30 Å². The van der Waals surface area contributed by atoms with Crippen LogP contribution in [0.3, 0.4) is 0 Å². The highest BCUT2D eigenvalue weighted by Gasteiger charge is 2.31. The predicted molar refractivity (Wildman–Crippen MR) is 103 cm³/mol. The van der Waals surface area contributed by atoms with Gasteiger partial charge >= 0.3 is 12.1 Å². The maximum Gasteiger partial charge on any atom is 0.416 e. The van der Waals surface area contributed by atoms with Gasteiger partial charge in [0.15, 0.2) is 0 Å². The number of esters is 1. The van der Waals surface area contributed by atoms with Crippen molar-refractivity contribution >= 4 is 40.1 Å². The van der Waals surface area contributed by atoms with E-state index in [1.807, 2.05) is 0 Å². The molecular formula is C20H16Cl2F3NO2. The molecule has 0 radical (unpaired) electrons. The predicted octanol–water partition coefficient (Wildman–Crippen LogP) is 6.42. The van der Waals surface area contributed by atoms with Gasteiger partial charge in [-0.25, -0.2) is 4.79 Å². The van der Waals surface area contributed by atoms with Crippen LogP contribution in [0.5, 0.6) is 0 Å². The Morgan fingerprint density at radius 2 is 1.82 bits per heavy atom. The Hall–Kier alpha value is -2.18. The van der Waals surface area contributed by atoms with E-state index in [4.69, 9.17) is 27.9 Å². The van der Waals surface area contributed by atoms with Gasteiger partial charge in [-0.1, -0.05) is 23.2 Å². The molecule has 1 aromatic heterocycles. The van der Waals surface area contributed by atoms with E-state index in [0.29, 0.717) is 32.6 Å². The lowest BCUT2D eigenvalue weighted by Gasteiger charge is -2.14. The van der Waals surface area contributed by atoms with E-state index in [-0.39, 0.29) is 17.1 Å². The molecule has 3 aromatic rings. The monoisotopic (exact) mass is 429 g/mol. The largest absolute Gasteiger partial charge is 0.465 e. The lowest BCUT2D eigenvalue weighted by molar-refractivity contribution is -0.137. The van der Waals surface area contributed by atoms with Crippen molar-refractivity contribution in [2.45, 2.75) is 26.6 Å². The number of ether oxygens (including phenoxy) is 1. The zero-order chi connectivity index (χ0) is 20.8. The summed E-state index contributed by atoms with van der Waals surface area (Å²) < 4.78 is 46.0. The summed E-state index contributed by atoms with van der Waals surface area (Å²) in [4.78, 5) is 11.9. The molecule has 0 aliphatic carbocycles. The number of halogens is 5. The number of hydrogen-bond donors (Lipinski definition) is 0. The van der Waals surface area contributed by atoms with E-state index in [1.165, 1.54) is 13.2 Å². The van der Waals surface area contributed by atoms with Crippen molar-refractivity contribution in [1.82, 2.24) is 4.57 Å². The number of nitrogens with zero attached hydrogens (tertiary/aromatic N) is 1. The SMILES string of the molecule is COC(=O)c1ccc(Cl)c(Cn2cc(C)c3cc(C(F)(F)F)cc(C)c32)c1Cl. The van der Waals surface area contributed by atoms with E-state index in [1.54, 1.807) is 30.7 Å². The normalized spacial score (nSPS) is 11.9. The van der Waals surface area contributed by atoms with Gasteiger partial charge in [-0.05, 0) is 49.2 Å². The first-order chi connectivity index (χ1) is 13.0. The summed E-state index contributed by atoms with van der Waals surface area (Å²) in [7, 11) is 1.25. The average molecular weight is 430 g/mol. The maximum absolute atomic E-state index is 13.2. The highest BCUT2D eigenvalue weighted by atomic mass is 35.5. The Morgan fingerprint density at radius 3 is 2.43 bits per heavy atom. The second-order valence-corrected chi connectivity index (χ2v) is 7.29. The minimum absolute atomic E-state index is 0.156. The van der Waals surface area contributed by atoms with Gasteiger partial charge in [0.1, 0.15) is 0 Å². The minimum atomic E-state index is -4.42. The van der Waals surface area contributed by atoms with Crippen LogP contribution in [0.15, 0.2) is 30.5 Å². The highest BCUT2D eigenvalue weighted by Crippen LogP contribution is 2.36.